The second-order valence-corrected chi connectivity index (χ2v) is 8.97. The number of hydrogen-bond donors (Lipinski definition) is 0. The Kier molecular flexibility index (Phi) is 7.56. The van der Waals surface area contributed by atoms with Crippen LogP contribution in [0, 0.1) is 5.92 Å². The molecule has 1 saturated heterocycles. The Hall–Kier alpha value is -3.28. The predicted octanol–water partition coefficient (Wildman–Crippen LogP) is 5.28. The number of piperidine rings is 1. The van der Waals surface area contributed by atoms with Crippen LogP contribution in [0.15, 0.2) is 54.6 Å². The van der Waals surface area contributed by atoms with Crippen LogP contribution in [0.2, 0.25) is 0 Å². The molecule has 1 amide bonds. The number of fused-ring (bicyclic) bond motifs is 1. The van der Waals surface area contributed by atoms with Crippen LogP contribution in [0.25, 0.3) is 10.9 Å². The molecule has 1 fully saturated rings. The fourth-order valence-electron chi connectivity index (χ4n) is 4.55. The van der Waals surface area contributed by atoms with Gasteiger partial charge in [-0.1, -0.05) is 43.3 Å². The van der Waals surface area contributed by atoms with Crippen molar-refractivity contribution in [2.45, 2.75) is 52.7 Å². The molecule has 0 bridgehead atoms. The van der Waals surface area contributed by atoms with E-state index in [1.165, 1.54) is 0 Å². The molecule has 0 saturated carbocycles. The Morgan fingerprint density at radius 1 is 1.09 bits per heavy atom. The van der Waals surface area contributed by atoms with E-state index in [-0.39, 0.29) is 23.9 Å². The fraction of sp³-hybridized carbons (Fsp3) is 0.429. The van der Waals surface area contributed by atoms with Crippen molar-refractivity contribution in [3.8, 4) is 5.75 Å². The van der Waals surface area contributed by atoms with Gasteiger partial charge in [0.25, 0.3) is 5.91 Å². The molecule has 0 N–H and O–H groups in total. The Labute approximate surface area is 201 Å². The average molecular weight is 463 g/mol. The van der Waals surface area contributed by atoms with Crippen LogP contribution in [0.4, 0.5) is 0 Å². The second kappa shape index (κ2) is 10.8. The number of rotatable bonds is 8. The van der Waals surface area contributed by atoms with E-state index < -0.39 is 0 Å². The number of ether oxygens (including phenoxy) is 2. The fourth-order valence-corrected chi connectivity index (χ4v) is 4.55. The molecule has 0 radical (unpaired) electrons. The van der Waals surface area contributed by atoms with Crippen LogP contribution in [0.1, 0.15) is 56.1 Å². The first kappa shape index (κ1) is 23.9. The number of aromatic nitrogens is 1. The minimum Gasteiger partial charge on any atom is -0.490 e. The number of carbonyl (C=O) groups is 2. The highest BCUT2D eigenvalue weighted by atomic mass is 16.5. The zero-order chi connectivity index (χ0) is 24.1. The first-order chi connectivity index (χ1) is 16.5. The quantitative estimate of drug-likeness (QED) is 0.427. The zero-order valence-corrected chi connectivity index (χ0v) is 20.3. The summed E-state index contributed by atoms with van der Waals surface area (Å²) in [6.45, 7) is 7.91. The van der Waals surface area contributed by atoms with E-state index in [4.69, 9.17) is 9.47 Å². The summed E-state index contributed by atoms with van der Waals surface area (Å²) < 4.78 is 13.5. The van der Waals surface area contributed by atoms with Gasteiger partial charge in [-0.05, 0) is 56.9 Å². The summed E-state index contributed by atoms with van der Waals surface area (Å²) in [5.41, 5.74) is 2.70. The van der Waals surface area contributed by atoms with E-state index in [1.807, 2.05) is 49.4 Å². The third-order valence-corrected chi connectivity index (χ3v) is 6.54. The maximum absolute atomic E-state index is 13.8. The van der Waals surface area contributed by atoms with E-state index in [2.05, 4.69) is 30.5 Å². The number of carbonyl (C=O) groups excluding carboxylic acids is 2. The van der Waals surface area contributed by atoms with Crippen molar-refractivity contribution in [2.24, 2.45) is 5.92 Å². The number of nitrogens with zero attached hydrogens (tertiary/aromatic N) is 2. The van der Waals surface area contributed by atoms with Gasteiger partial charge in [-0.15, -0.1) is 0 Å². The van der Waals surface area contributed by atoms with Crippen LogP contribution in [0.3, 0.4) is 0 Å². The lowest BCUT2D eigenvalue weighted by atomic mass is 9.98. The van der Waals surface area contributed by atoms with Crippen molar-refractivity contribution in [3.63, 3.8) is 0 Å². The summed E-state index contributed by atoms with van der Waals surface area (Å²) in [6, 6.07) is 18.1. The van der Waals surface area contributed by atoms with E-state index in [9.17, 15) is 9.59 Å². The maximum Gasteiger partial charge on any atom is 0.310 e. The molecule has 180 valence electrons. The zero-order valence-electron chi connectivity index (χ0n) is 20.3. The second-order valence-electron chi connectivity index (χ2n) is 8.97. The van der Waals surface area contributed by atoms with Gasteiger partial charge >= 0.3 is 5.97 Å². The lowest BCUT2D eigenvalue weighted by Crippen LogP contribution is -2.43. The molecule has 1 aromatic heterocycles. The molecule has 6 heteroatoms. The Morgan fingerprint density at radius 2 is 1.88 bits per heavy atom. The summed E-state index contributed by atoms with van der Waals surface area (Å²) in [5.74, 6) is 0.245. The first-order valence-corrected chi connectivity index (χ1v) is 12.3. The third-order valence-electron chi connectivity index (χ3n) is 6.54. The van der Waals surface area contributed by atoms with E-state index in [0.29, 0.717) is 31.9 Å². The number of benzene rings is 2. The highest BCUT2D eigenvalue weighted by molar-refractivity contribution is 6.00. The normalized spacial score (nSPS) is 16.9. The van der Waals surface area contributed by atoms with Crippen LogP contribution in [-0.4, -0.2) is 47.1 Å². The lowest BCUT2D eigenvalue weighted by Gasteiger charge is -2.31. The molecule has 34 heavy (non-hydrogen) atoms. The Morgan fingerprint density at radius 3 is 2.62 bits per heavy atom. The number of amides is 1. The summed E-state index contributed by atoms with van der Waals surface area (Å²) >= 11 is 0. The van der Waals surface area contributed by atoms with Gasteiger partial charge in [0.1, 0.15) is 11.4 Å². The smallest absolute Gasteiger partial charge is 0.310 e. The highest BCUT2D eigenvalue weighted by Gasteiger charge is 2.31. The van der Waals surface area contributed by atoms with Crippen LogP contribution in [-0.2, 0) is 16.1 Å². The first-order valence-electron chi connectivity index (χ1n) is 12.3. The van der Waals surface area contributed by atoms with Gasteiger partial charge < -0.3 is 18.9 Å². The average Bonchev–Trinajstić information content (AvgIpc) is 3.23. The van der Waals surface area contributed by atoms with Crippen molar-refractivity contribution < 1.29 is 19.1 Å². The van der Waals surface area contributed by atoms with Gasteiger partial charge in [0, 0.05) is 25.0 Å². The van der Waals surface area contributed by atoms with Crippen LogP contribution < -0.4 is 4.74 Å². The lowest BCUT2D eigenvalue weighted by molar-refractivity contribution is -0.149. The van der Waals surface area contributed by atoms with Crippen molar-refractivity contribution in [2.75, 3.05) is 19.7 Å². The number of likely N-dealkylation sites (tertiary alicyclic amines) is 1. The molecule has 3 aromatic rings. The predicted molar refractivity (Wildman–Crippen MR) is 133 cm³/mol. The van der Waals surface area contributed by atoms with Gasteiger partial charge in [0.15, 0.2) is 0 Å². The molecular formula is C28H34N2O4. The molecule has 1 aliphatic heterocycles. The molecule has 2 atom stereocenters. The Balaban J connectivity index is 1.72. The minimum absolute atomic E-state index is 0.0596. The molecule has 2 aromatic carbocycles. The molecule has 6 nitrogen and oxygen atoms in total. The summed E-state index contributed by atoms with van der Waals surface area (Å²) in [6.07, 6.45) is 2.52. The van der Waals surface area contributed by atoms with Gasteiger partial charge in [0.2, 0.25) is 0 Å². The standard InChI is InChI=1S/C28H34N2O4/c1-4-20(3)34-26-15-9-14-24-23(26)17-25(30(24)18-21-11-7-6-8-12-21)27(31)29-16-10-13-22(19-29)28(32)33-5-2/h6-9,11-12,14-15,17,20,22H,4-5,10,13,16,18-19H2,1-3H3. The molecule has 0 aliphatic carbocycles. The topological polar surface area (TPSA) is 60.8 Å². The minimum atomic E-state index is -0.270. The third kappa shape index (κ3) is 5.11. The molecule has 4 rings (SSSR count). The molecule has 1 aliphatic rings. The van der Waals surface area contributed by atoms with Crippen molar-refractivity contribution in [3.05, 3.63) is 65.9 Å². The molecular weight excluding hydrogens is 428 g/mol. The largest absolute Gasteiger partial charge is 0.490 e. The van der Waals surface area contributed by atoms with Gasteiger partial charge in [-0.3, -0.25) is 9.59 Å². The van der Waals surface area contributed by atoms with E-state index in [1.54, 1.807) is 4.90 Å². The monoisotopic (exact) mass is 462 g/mol. The number of hydrogen-bond acceptors (Lipinski definition) is 4. The van der Waals surface area contributed by atoms with Gasteiger partial charge in [-0.25, -0.2) is 0 Å². The van der Waals surface area contributed by atoms with Crippen molar-refractivity contribution >= 4 is 22.8 Å². The molecule has 2 unspecified atom stereocenters. The molecule has 2 heterocycles. The van der Waals surface area contributed by atoms with Crippen LogP contribution in [0.5, 0.6) is 5.75 Å². The molecule has 0 spiro atoms. The van der Waals surface area contributed by atoms with Gasteiger partial charge in [-0.2, -0.15) is 0 Å². The summed E-state index contributed by atoms with van der Waals surface area (Å²) in [5, 5.41) is 0.932. The summed E-state index contributed by atoms with van der Waals surface area (Å²) in [4.78, 5) is 28.0. The summed E-state index contributed by atoms with van der Waals surface area (Å²) in [7, 11) is 0. The van der Waals surface area contributed by atoms with Crippen molar-refractivity contribution in [1.29, 1.82) is 0 Å². The number of esters is 1. The Bertz CT molecular complexity index is 1140. The van der Waals surface area contributed by atoms with Crippen LogP contribution >= 0.6 is 0 Å². The maximum atomic E-state index is 13.8. The van der Waals surface area contributed by atoms with Crippen molar-refractivity contribution in [1.82, 2.24) is 9.47 Å². The highest BCUT2D eigenvalue weighted by Crippen LogP contribution is 2.32. The SMILES string of the molecule is CCOC(=O)C1CCCN(C(=O)c2cc3c(OC(C)CC)cccc3n2Cc2ccccc2)C1. The van der Waals surface area contributed by atoms with E-state index >= 15 is 0 Å². The van der Waals surface area contributed by atoms with Gasteiger partial charge in [0.05, 0.1) is 24.1 Å². The van der Waals surface area contributed by atoms with E-state index in [0.717, 1.165) is 41.5 Å².